The number of carbonyl (C=O) groups is 1. The molecule has 7 nitrogen and oxygen atoms in total. The second-order valence-corrected chi connectivity index (χ2v) is 6.60. The summed E-state index contributed by atoms with van der Waals surface area (Å²) in [6.07, 6.45) is 3.55. The number of rotatable bonds is 6. The fraction of sp³-hybridized carbons (Fsp3) is 0.500. The molecular formula is C18H25N5O2. The number of aromatic nitrogens is 3. The van der Waals surface area contributed by atoms with Crippen LogP contribution in [0.15, 0.2) is 24.3 Å². The molecule has 1 aromatic heterocycles. The number of aromatic hydroxyl groups is 1. The molecular weight excluding hydrogens is 318 g/mol. The van der Waals surface area contributed by atoms with Gasteiger partial charge in [0.1, 0.15) is 17.4 Å². The molecule has 0 saturated carbocycles. The summed E-state index contributed by atoms with van der Waals surface area (Å²) in [4.78, 5) is 14.0. The molecule has 1 aliphatic rings. The Labute approximate surface area is 147 Å². The van der Waals surface area contributed by atoms with E-state index in [4.69, 9.17) is 0 Å². The van der Waals surface area contributed by atoms with Crippen LogP contribution in [0.3, 0.4) is 0 Å². The highest BCUT2D eigenvalue weighted by atomic mass is 16.3. The van der Waals surface area contributed by atoms with Crippen LogP contribution >= 0.6 is 0 Å². The molecule has 7 heteroatoms. The maximum atomic E-state index is 12.3. The summed E-state index contributed by atoms with van der Waals surface area (Å²) in [5.74, 6) is 2.26. The van der Waals surface area contributed by atoms with E-state index in [-0.39, 0.29) is 17.8 Å². The molecule has 134 valence electrons. The zero-order valence-corrected chi connectivity index (χ0v) is 14.8. The van der Waals surface area contributed by atoms with E-state index in [0.29, 0.717) is 13.0 Å². The molecule has 2 N–H and O–H groups in total. The summed E-state index contributed by atoms with van der Waals surface area (Å²) in [7, 11) is 1.80. The molecule has 0 spiro atoms. The molecule has 0 fully saturated rings. The van der Waals surface area contributed by atoms with Crippen molar-refractivity contribution < 1.29 is 9.90 Å². The molecule has 0 bridgehead atoms. The lowest BCUT2D eigenvalue weighted by molar-refractivity contribution is 0.194. The highest BCUT2D eigenvalue weighted by Crippen LogP contribution is 2.14. The van der Waals surface area contributed by atoms with Gasteiger partial charge in [-0.2, -0.15) is 0 Å². The average molecular weight is 343 g/mol. The standard InChI is InChI=1S/C18H25N5O2/c1-13(12-14-5-7-15(24)8-6-14)22(2)18(25)19-10-9-17-21-20-16-4-3-11-23(16)17/h5-8,13,24H,3-4,9-12H2,1-2H3,(H,19,25)/t13-/m1/s1. The quantitative estimate of drug-likeness (QED) is 0.837. The molecule has 1 aliphatic heterocycles. The number of phenolic OH excluding ortho intramolecular Hbond substituents is 1. The van der Waals surface area contributed by atoms with Crippen LogP contribution in [0.1, 0.15) is 30.6 Å². The maximum absolute atomic E-state index is 12.3. The van der Waals surface area contributed by atoms with Crippen molar-refractivity contribution in [3.05, 3.63) is 41.5 Å². The number of benzene rings is 1. The van der Waals surface area contributed by atoms with Crippen molar-refractivity contribution >= 4 is 6.03 Å². The molecule has 0 aliphatic carbocycles. The second-order valence-electron chi connectivity index (χ2n) is 6.60. The molecule has 0 radical (unpaired) electrons. The van der Waals surface area contributed by atoms with Gasteiger partial charge in [-0.25, -0.2) is 4.79 Å². The molecule has 2 amide bonds. The van der Waals surface area contributed by atoms with Crippen LogP contribution in [0.5, 0.6) is 5.75 Å². The van der Waals surface area contributed by atoms with Gasteiger partial charge in [0.15, 0.2) is 0 Å². The predicted molar refractivity (Wildman–Crippen MR) is 94.5 cm³/mol. The molecule has 0 saturated heterocycles. The van der Waals surface area contributed by atoms with Crippen molar-refractivity contribution in [2.75, 3.05) is 13.6 Å². The molecule has 25 heavy (non-hydrogen) atoms. The summed E-state index contributed by atoms with van der Waals surface area (Å²) < 4.78 is 2.16. The number of fused-ring (bicyclic) bond motifs is 1. The van der Waals surface area contributed by atoms with Gasteiger partial charge in [0, 0.05) is 39.0 Å². The lowest BCUT2D eigenvalue weighted by Crippen LogP contribution is -2.43. The number of aryl methyl sites for hydroxylation is 1. The van der Waals surface area contributed by atoms with Crippen molar-refractivity contribution in [3.63, 3.8) is 0 Å². The monoisotopic (exact) mass is 343 g/mol. The van der Waals surface area contributed by atoms with E-state index >= 15 is 0 Å². The molecule has 2 aromatic rings. The molecule has 2 heterocycles. The highest BCUT2D eigenvalue weighted by Gasteiger charge is 2.18. The summed E-state index contributed by atoms with van der Waals surface area (Å²) in [6, 6.07) is 7.06. The Morgan fingerprint density at radius 1 is 1.36 bits per heavy atom. The van der Waals surface area contributed by atoms with Gasteiger partial charge in [0.25, 0.3) is 0 Å². The summed E-state index contributed by atoms with van der Waals surface area (Å²) in [5, 5.41) is 20.7. The van der Waals surface area contributed by atoms with E-state index in [2.05, 4.69) is 20.1 Å². The Hall–Kier alpha value is -2.57. The Morgan fingerprint density at radius 3 is 2.88 bits per heavy atom. The number of nitrogens with zero attached hydrogens (tertiary/aromatic N) is 4. The van der Waals surface area contributed by atoms with Gasteiger partial charge in [-0.3, -0.25) is 0 Å². The van der Waals surface area contributed by atoms with E-state index < -0.39 is 0 Å². The van der Waals surface area contributed by atoms with Gasteiger partial charge in [0.2, 0.25) is 0 Å². The normalized spacial score (nSPS) is 14.2. The number of carbonyl (C=O) groups excluding carboxylic acids is 1. The Morgan fingerprint density at radius 2 is 2.12 bits per heavy atom. The van der Waals surface area contributed by atoms with Gasteiger partial charge in [-0.1, -0.05) is 12.1 Å². The summed E-state index contributed by atoms with van der Waals surface area (Å²) in [6.45, 7) is 3.54. The van der Waals surface area contributed by atoms with Crippen molar-refractivity contribution in [1.82, 2.24) is 25.0 Å². The van der Waals surface area contributed by atoms with Crippen LogP contribution in [0.4, 0.5) is 4.79 Å². The minimum atomic E-state index is -0.0903. The minimum Gasteiger partial charge on any atom is -0.508 e. The zero-order valence-electron chi connectivity index (χ0n) is 14.8. The fourth-order valence-electron chi connectivity index (χ4n) is 3.11. The number of phenols is 1. The molecule has 1 aromatic carbocycles. The largest absolute Gasteiger partial charge is 0.508 e. The number of likely N-dealkylation sites (N-methyl/N-ethyl adjacent to an activating group) is 1. The smallest absolute Gasteiger partial charge is 0.317 e. The van der Waals surface area contributed by atoms with Gasteiger partial charge in [-0.05, 0) is 37.5 Å². The SMILES string of the molecule is C[C@H](Cc1ccc(O)cc1)N(C)C(=O)NCCc1nnc2n1CCC2. The number of urea groups is 1. The minimum absolute atomic E-state index is 0.0573. The molecule has 3 rings (SSSR count). The first-order valence-electron chi connectivity index (χ1n) is 8.74. The van der Waals surface area contributed by atoms with Crippen LogP contribution in [0, 0.1) is 0 Å². The average Bonchev–Trinajstić information content (AvgIpc) is 3.20. The second kappa shape index (κ2) is 7.55. The van der Waals surface area contributed by atoms with Crippen LogP contribution in [-0.2, 0) is 25.8 Å². The fourth-order valence-corrected chi connectivity index (χ4v) is 3.11. The van der Waals surface area contributed by atoms with E-state index in [9.17, 15) is 9.90 Å². The van der Waals surface area contributed by atoms with Crippen LogP contribution in [0.25, 0.3) is 0 Å². The first-order chi connectivity index (χ1) is 12.0. The lowest BCUT2D eigenvalue weighted by Gasteiger charge is -2.25. The van der Waals surface area contributed by atoms with Crippen molar-refractivity contribution in [3.8, 4) is 5.75 Å². The van der Waals surface area contributed by atoms with E-state index in [0.717, 1.165) is 43.0 Å². The van der Waals surface area contributed by atoms with Crippen molar-refractivity contribution in [1.29, 1.82) is 0 Å². The van der Waals surface area contributed by atoms with Crippen LogP contribution in [0.2, 0.25) is 0 Å². The summed E-state index contributed by atoms with van der Waals surface area (Å²) >= 11 is 0. The third-order valence-electron chi connectivity index (χ3n) is 4.76. The molecule has 1 atom stereocenters. The van der Waals surface area contributed by atoms with Crippen molar-refractivity contribution in [2.24, 2.45) is 0 Å². The van der Waals surface area contributed by atoms with Gasteiger partial charge in [-0.15, -0.1) is 10.2 Å². The Kier molecular flexibility index (Phi) is 5.21. The predicted octanol–water partition coefficient (Wildman–Crippen LogP) is 1.74. The van der Waals surface area contributed by atoms with E-state index in [1.54, 1.807) is 24.1 Å². The van der Waals surface area contributed by atoms with Gasteiger partial charge >= 0.3 is 6.03 Å². The summed E-state index contributed by atoms with van der Waals surface area (Å²) in [5.41, 5.74) is 1.09. The van der Waals surface area contributed by atoms with E-state index in [1.165, 1.54) is 0 Å². The van der Waals surface area contributed by atoms with Crippen molar-refractivity contribution in [2.45, 2.75) is 45.2 Å². The first-order valence-corrected chi connectivity index (χ1v) is 8.74. The van der Waals surface area contributed by atoms with Gasteiger partial charge in [0.05, 0.1) is 0 Å². The number of nitrogens with one attached hydrogen (secondary N) is 1. The first kappa shape index (κ1) is 17.3. The third kappa shape index (κ3) is 4.10. The number of hydrogen-bond acceptors (Lipinski definition) is 4. The lowest BCUT2D eigenvalue weighted by atomic mass is 10.1. The molecule has 0 unspecified atom stereocenters. The van der Waals surface area contributed by atoms with Crippen LogP contribution in [-0.4, -0.2) is 50.4 Å². The maximum Gasteiger partial charge on any atom is 0.317 e. The Balaban J connectivity index is 1.46. The number of hydrogen-bond donors (Lipinski definition) is 2. The van der Waals surface area contributed by atoms with Crippen LogP contribution < -0.4 is 5.32 Å². The zero-order chi connectivity index (χ0) is 17.8. The van der Waals surface area contributed by atoms with Gasteiger partial charge < -0.3 is 19.9 Å². The van der Waals surface area contributed by atoms with E-state index in [1.807, 2.05) is 19.1 Å². The topological polar surface area (TPSA) is 83.3 Å². The number of amides is 2. The highest BCUT2D eigenvalue weighted by molar-refractivity contribution is 5.74. The Bertz CT molecular complexity index is 726. The third-order valence-corrected chi connectivity index (χ3v) is 4.76.